The molecule has 0 aromatic carbocycles. The second kappa shape index (κ2) is 5.63. The van der Waals surface area contributed by atoms with Crippen LogP contribution in [0.15, 0.2) is 0 Å². The van der Waals surface area contributed by atoms with Crippen molar-refractivity contribution in [3.8, 4) is 6.07 Å². The maximum absolute atomic E-state index is 9.53. The summed E-state index contributed by atoms with van der Waals surface area (Å²) in [6.45, 7) is 5.44. The van der Waals surface area contributed by atoms with Gasteiger partial charge in [-0.05, 0) is 58.7 Å². The summed E-state index contributed by atoms with van der Waals surface area (Å²) in [6, 6.07) is 4.73. The molecule has 20 heavy (non-hydrogen) atoms. The normalized spacial score (nSPS) is 42.5. The molecule has 2 bridgehead atoms. The summed E-state index contributed by atoms with van der Waals surface area (Å²) in [4.78, 5) is 5.30. The molecule has 0 radical (unpaired) electrons. The van der Waals surface area contributed by atoms with Crippen molar-refractivity contribution in [3.63, 3.8) is 0 Å². The van der Waals surface area contributed by atoms with Crippen molar-refractivity contribution in [2.75, 3.05) is 26.7 Å². The molecule has 0 amide bonds. The van der Waals surface area contributed by atoms with Gasteiger partial charge in [-0.2, -0.15) is 5.26 Å². The molecule has 4 atom stereocenters. The van der Waals surface area contributed by atoms with Gasteiger partial charge in [0.2, 0.25) is 0 Å². The molecular formula is C16H28N4. The number of hydrogen-bond acceptors (Lipinski definition) is 4. The lowest BCUT2D eigenvalue weighted by atomic mass is 9.99. The molecule has 0 aromatic rings. The fourth-order valence-corrected chi connectivity index (χ4v) is 4.64. The van der Waals surface area contributed by atoms with Gasteiger partial charge in [0.05, 0.1) is 6.07 Å². The highest BCUT2D eigenvalue weighted by atomic mass is 15.3. The lowest BCUT2D eigenvalue weighted by molar-refractivity contribution is 0.168. The van der Waals surface area contributed by atoms with E-state index in [4.69, 9.17) is 0 Å². The summed E-state index contributed by atoms with van der Waals surface area (Å²) in [7, 11) is 2.30. The van der Waals surface area contributed by atoms with Crippen LogP contribution in [-0.2, 0) is 0 Å². The number of fused-ring (bicyclic) bond motifs is 2. The molecule has 2 heterocycles. The minimum atomic E-state index is -0.253. The van der Waals surface area contributed by atoms with Crippen molar-refractivity contribution < 1.29 is 0 Å². The van der Waals surface area contributed by atoms with E-state index in [1.54, 1.807) is 0 Å². The molecule has 2 saturated heterocycles. The van der Waals surface area contributed by atoms with Gasteiger partial charge in [0.15, 0.2) is 0 Å². The minimum absolute atomic E-state index is 0.253. The van der Waals surface area contributed by atoms with Crippen molar-refractivity contribution >= 4 is 0 Å². The number of nitrogens with zero attached hydrogens (tertiary/aromatic N) is 3. The molecule has 2 aliphatic heterocycles. The van der Waals surface area contributed by atoms with Crippen LogP contribution in [0, 0.1) is 11.3 Å². The van der Waals surface area contributed by atoms with Crippen LogP contribution in [0.2, 0.25) is 0 Å². The van der Waals surface area contributed by atoms with Gasteiger partial charge in [0.1, 0.15) is 5.54 Å². The Morgan fingerprint density at radius 2 is 2.00 bits per heavy atom. The van der Waals surface area contributed by atoms with Gasteiger partial charge in [-0.1, -0.05) is 6.92 Å². The average molecular weight is 276 g/mol. The van der Waals surface area contributed by atoms with E-state index in [-0.39, 0.29) is 5.54 Å². The smallest absolute Gasteiger partial charge is 0.108 e. The van der Waals surface area contributed by atoms with E-state index in [2.05, 4.69) is 35.2 Å². The van der Waals surface area contributed by atoms with Crippen molar-refractivity contribution in [3.05, 3.63) is 0 Å². The number of nitriles is 1. The maximum atomic E-state index is 9.53. The fourth-order valence-electron chi connectivity index (χ4n) is 4.64. The van der Waals surface area contributed by atoms with E-state index < -0.39 is 0 Å². The molecule has 0 spiro atoms. The van der Waals surface area contributed by atoms with Crippen LogP contribution in [0.25, 0.3) is 0 Å². The third-order valence-electron chi connectivity index (χ3n) is 5.91. The van der Waals surface area contributed by atoms with Crippen LogP contribution in [0.4, 0.5) is 0 Å². The summed E-state index contributed by atoms with van der Waals surface area (Å²) in [6.07, 6.45) is 7.27. The lowest BCUT2D eigenvalue weighted by Crippen LogP contribution is -2.45. The summed E-state index contributed by atoms with van der Waals surface area (Å²) in [5.74, 6) is 0. The third-order valence-corrected chi connectivity index (χ3v) is 5.91. The monoisotopic (exact) mass is 276 g/mol. The first kappa shape index (κ1) is 14.3. The molecule has 4 heteroatoms. The van der Waals surface area contributed by atoms with E-state index >= 15 is 0 Å². The molecule has 3 rings (SSSR count). The minimum Gasteiger partial charge on any atom is -0.300 e. The first-order chi connectivity index (χ1) is 9.67. The van der Waals surface area contributed by atoms with Crippen molar-refractivity contribution in [2.24, 2.45) is 0 Å². The van der Waals surface area contributed by atoms with E-state index in [9.17, 15) is 5.26 Å². The molecule has 3 fully saturated rings. The van der Waals surface area contributed by atoms with Crippen molar-refractivity contribution in [1.82, 2.24) is 15.1 Å². The Labute approximate surface area is 123 Å². The summed E-state index contributed by atoms with van der Waals surface area (Å²) >= 11 is 0. The highest BCUT2D eigenvalue weighted by Crippen LogP contribution is 2.36. The van der Waals surface area contributed by atoms with E-state index in [0.717, 1.165) is 31.5 Å². The zero-order valence-corrected chi connectivity index (χ0v) is 12.9. The number of nitrogens with one attached hydrogen (secondary N) is 1. The van der Waals surface area contributed by atoms with Crippen molar-refractivity contribution in [1.29, 1.82) is 5.26 Å². The van der Waals surface area contributed by atoms with Gasteiger partial charge in [0, 0.05) is 24.7 Å². The van der Waals surface area contributed by atoms with E-state index in [1.807, 2.05) is 0 Å². The number of likely N-dealkylation sites (N-methyl/N-ethyl adjacent to an activating group) is 1. The highest BCUT2D eigenvalue weighted by molar-refractivity contribution is 5.13. The molecule has 1 aliphatic carbocycles. The highest BCUT2D eigenvalue weighted by Gasteiger charge is 2.43. The van der Waals surface area contributed by atoms with Gasteiger partial charge in [-0.25, -0.2) is 0 Å². The van der Waals surface area contributed by atoms with Gasteiger partial charge in [-0.15, -0.1) is 0 Å². The quantitative estimate of drug-likeness (QED) is 0.850. The predicted molar refractivity (Wildman–Crippen MR) is 80.4 cm³/mol. The second-order valence-corrected chi connectivity index (χ2v) is 6.95. The molecule has 4 nitrogen and oxygen atoms in total. The zero-order chi connectivity index (χ0) is 14.2. The number of rotatable bonds is 3. The third kappa shape index (κ3) is 2.47. The van der Waals surface area contributed by atoms with E-state index in [0.29, 0.717) is 6.04 Å². The Hall–Kier alpha value is -0.630. The largest absolute Gasteiger partial charge is 0.300 e. The van der Waals surface area contributed by atoms with Crippen LogP contribution in [0.1, 0.15) is 45.4 Å². The zero-order valence-electron chi connectivity index (χ0n) is 12.9. The summed E-state index contributed by atoms with van der Waals surface area (Å²) < 4.78 is 0. The Bertz CT molecular complexity index is 390. The van der Waals surface area contributed by atoms with Crippen molar-refractivity contribution in [2.45, 2.75) is 69.1 Å². The molecule has 1 N–H and O–H groups in total. The first-order valence-electron chi connectivity index (χ1n) is 8.30. The van der Waals surface area contributed by atoms with E-state index in [1.165, 1.54) is 38.8 Å². The SMILES string of the molecule is CCNC1(C#N)CCC(N2CCC3CCC(C2)N3C)C1. The topological polar surface area (TPSA) is 42.3 Å². The van der Waals surface area contributed by atoms with Crippen LogP contribution >= 0.6 is 0 Å². The molecule has 0 aromatic heterocycles. The maximum Gasteiger partial charge on any atom is 0.108 e. The standard InChI is InChI=1S/C16H28N4/c1-3-18-16(12-17)8-6-14(10-16)20-9-7-13-4-5-15(11-20)19(13)2/h13-15,18H,3-11H2,1-2H3. The Morgan fingerprint density at radius 1 is 1.20 bits per heavy atom. The Morgan fingerprint density at radius 3 is 2.75 bits per heavy atom. The average Bonchev–Trinajstić information content (AvgIpc) is 2.94. The Kier molecular flexibility index (Phi) is 4.03. The second-order valence-electron chi connectivity index (χ2n) is 6.95. The van der Waals surface area contributed by atoms with Gasteiger partial charge >= 0.3 is 0 Å². The lowest BCUT2D eigenvalue weighted by Gasteiger charge is -2.32. The molecular weight excluding hydrogens is 248 g/mol. The molecule has 3 aliphatic rings. The summed E-state index contributed by atoms with van der Waals surface area (Å²) in [5.41, 5.74) is -0.253. The number of hydrogen-bond donors (Lipinski definition) is 1. The van der Waals surface area contributed by atoms with Gasteiger partial charge < -0.3 is 0 Å². The first-order valence-corrected chi connectivity index (χ1v) is 8.30. The molecule has 4 unspecified atom stereocenters. The Balaban J connectivity index is 1.65. The van der Waals surface area contributed by atoms with Crippen LogP contribution in [-0.4, -0.2) is 60.1 Å². The van der Waals surface area contributed by atoms with Crippen LogP contribution in [0.5, 0.6) is 0 Å². The van der Waals surface area contributed by atoms with Gasteiger partial charge in [0.25, 0.3) is 0 Å². The van der Waals surface area contributed by atoms with Gasteiger partial charge in [-0.3, -0.25) is 15.1 Å². The molecule has 1 saturated carbocycles. The predicted octanol–water partition coefficient (Wildman–Crippen LogP) is 1.58. The number of likely N-dealkylation sites (tertiary alicyclic amines) is 1. The fraction of sp³-hybridized carbons (Fsp3) is 0.938. The summed E-state index contributed by atoms with van der Waals surface area (Å²) in [5, 5.41) is 13.0. The van der Waals surface area contributed by atoms with Crippen LogP contribution < -0.4 is 5.32 Å². The molecule has 112 valence electrons. The van der Waals surface area contributed by atoms with Crippen LogP contribution in [0.3, 0.4) is 0 Å².